The molecule has 156 valence electrons. The van der Waals surface area contributed by atoms with Crippen molar-refractivity contribution < 1.29 is 13.2 Å². The number of anilines is 1. The quantitative estimate of drug-likeness (QED) is 0.743. The number of benzene rings is 2. The van der Waals surface area contributed by atoms with Crippen LogP contribution in [0.2, 0.25) is 0 Å². The van der Waals surface area contributed by atoms with Gasteiger partial charge in [0.2, 0.25) is 5.91 Å². The number of nitrogens with zero attached hydrogens (tertiary/aromatic N) is 1. The van der Waals surface area contributed by atoms with Crippen LogP contribution in [0.5, 0.6) is 0 Å². The topological polar surface area (TPSA) is 66.5 Å². The monoisotopic (exact) mass is 414 g/mol. The summed E-state index contributed by atoms with van der Waals surface area (Å²) in [5.41, 5.74) is 2.91. The van der Waals surface area contributed by atoms with Crippen molar-refractivity contribution in [3.63, 3.8) is 0 Å². The van der Waals surface area contributed by atoms with Gasteiger partial charge in [-0.2, -0.15) is 0 Å². The Morgan fingerprint density at radius 3 is 2.45 bits per heavy atom. The zero-order valence-electron chi connectivity index (χ0n) is 17.2. The maximum Gasteiger partial charge on any atom is 0.225 e. The smallest absolute Gasteiger partial charge is 0.225 e. The Kier molecular flexibility index (Phi) is 7.09. The summed E-state index contributed by atoms with van der Waals surface area (Å²) in [5, 5.41) is 2.80. The summed E-state index contributed by atoms with van der Waals surface area (Å²) in [6, 6.07) is 14.5. The minimum absolute atomic E-state index is 0.0658. The highest BCUT2D eigenvalue weighted by Crippen LogP contribution is 2.19. The van der Waals surface area contributed by atoms with E-state index in [4.69, 9.17) is 0 Å². The van der Waals surface area contributed by atoms with Crippen LogP contribution in [0.4, 0.5) is 5.69 Å². The van der Waals surface area contributed by atoms with Crippen LogP contribution in [0.3, 0.4) is 0 Å². The SMILES string of the molecule is Cc1ccc(S(=O)(=O)CCC(=O)Nc2ccc(CN3CCCC(C)C3)cc2)cc1. The van der Waals surface area contributed by atoms with Crippen LogP contribution in [0.25, 0.3) is 0 Å². The second-order valence-electron chi connectivity index (χ2n) is 8.11. The van der Waals surface area contributed by atoms with Crippen LogP contribution in [-0.4, -0.2) is 38.1 Å². The number of amides is 1. The third-order valence-electron chi connectivity index (χ3n) is 5.36. The van der Waals surface area contributed by atoms with E-state index < -0.39 is 9.84 Å². The van der Waals surface area contributed by atoms with Crippen molar-refractivity contribution in [1.29, 1.82) is 0 Å². The summed E-state index contributed by atoms with van der Waals surface area (Å²) in [7, 11) is -3.46. The molecule has 0 spiro atoms. The van der Waals surface area contributed by atoms with Gasteiger partial charge in [-0.3, -0.25) is 9.69 Å². The van der Waals surface area contributed by atoms with E-state index in [-0.39, 0.29) is 23.0 Å². The minimum atomic E-state index is -3.46. The Labute approximate surface area is 174 Å². The molecule has 0 radical (unpaired) electrons. The number of nitrogens with one attached hydrogen (secondary N) is 1. The fourth-order valence-electron chi connectivity index (χ4n) is 3.70. The maximum atomic E-state index is 12.4. The second kappa shape index (κ2) is 9.55. The van der Waals surface area contributed by atoms with Gasteiger partial charge in [0, 0.05) is 25.2 Å². The van der Waals surface area contributed by atoms with E-state index in [1.54, 1.807) is 24.3 Å². The average Bonchev–Trinajstić information content (AvgIpc) is 2.68. The molecule has 0 aromatic heterocycles. The Bertz CT molecular complexity index is 922. The molecular formula is C23H30N2O3S. The molecule has 29 heavy (non-hydrogen) atoms. The summed E-state index contributed by atoms with van der Waals surface area (Å²) in [6.45, 7) is 7.39. The van der Waals surface area contributed by atoms with Crippen LogP contribution in [0.15, 0.2) is 53.4 Å². The van der Waals surface area contributed by atoms with Crippen molar-refractivity contribution in [1.82, 2.24) is 4.90 Å². The fourth-order valence-corrected chi connectivity index (χ4v) is 4.94. The summed E-state index contributed by atoms with van der Waals surface area (Å²) < 4.78 is 24.7. The third kappa shape index (κ3) is 6.41. The summed E-state index contributed by atoms with van der Waals surface area (Å²) in [5.74, 6) is 0.254. The first-order valence-electron chi connectivity index (χ1n) is 10.2. The van der Waals surface area contributed by atoms with Gasteiger partial charge in [0.25, 0.3) is 0 Å². The maximum absolute atomic E-state index is 12.4. The largest absolute Gasteiger partial charge is 0.326 e. The molecule has 2 aromatic carbocycles. The lowest BCUT2D eigenvalue weighted by molar-refractivity contribution is -0.115. The van der Waals surface area contributed by atoms with E-state index in [1.165, 1.54) is 18.4 Å². The standard InChI is InChI=1S/C23H30N2O3S/c1-18-5-11-22(12-6-18)29(27,28)15-13-23(26)24-21-9-7-20(8-10-21)17-25-14-3-4-19(2)16-25/h5-12,19H,3-4,13-17H2,1-2H3,(H,24,26). The zero-order chi connectivity index (χ0) is 20.9. The van der Waals surface area contributed by atoms with Crippen molar-refractivity contribution in [2.24, 2.45) is 5.92 Å². The third-order valence-corrected chi connectivity index (χ3v) is 7.09. The minimum Gasteiger partial charge on any atom is -0.326 e. The second-order valence-corrected chi connectivity index (χ2v) is 10.2. The normalized spacial score (nSPS) is 17.8. The molecule has 6 heteroatoms. The van der Waals surface area contributed by atoms with Gasteiger partial charge in [-0.1, -0.05) is 36.8 Å². The van der Waals surface area contributed by atoms with E-state index in [0.717, 1.165) is 31.1 Å². The van der Waals surface area contributed by atoms with Gasteiger partial charge in [0.1, 0.15) is 0 Å². The molecule has 0 bridgehead atoms. The van der Waals surface area contributed by atoms with E-state index in [9.17, 15) is 13.2 Å². The Morgan fingerprint density at radius 2 is 1.79 bits per heavy atom. The lowest BCUT2D eigenvalue weighted by Crippen LogP contribution is -2.33. The number of sulfone groups is 1. The number of likely N-dealkylation sites (tertiary alicyclic amines) is 1. The molecule has 1 aliphatic rings. The van der Waals surface area contributed by atoms with E-state index >= 15 is 0 Å². The van der Waals surface area contributed by atoms with Crippen molar-refractivity contribution in [3.8, 4) is 0 Å². The molecule has 1 atom stereocenters. The van der Waals surface area contributed by atoms with Gasteiger partial charge in [-0.25, -0.2) is 8.42 Å². The molecular weight excluding hydrogens is 384 g/mol. The predicted molar refractivity (Wildman–Crippen MR) is 117 cm³/mol. The molecule has 1 fully saturated rings. The van der Waals surface area contributed by atoms with Crippen molar-refractivity contribution in [2.75, 3.05) is 24.2 Å². The Hall–Kier alpha value is -2.18. The molecule has 5 nitrogen and oxygen atoms in total. The number of carbonyl (C=O) groups excluding carboxylic acids is 1. The van der Waals surface area contributed by atoms with Gasteiger partial charge in [-0.05, 0) is 62.1 Å². The van der Waals surface area contributed by atoms with Crippen LogP contribution < -0.4 is 5.32 Å². The molecule has 1 amide bonds. The average molecular weight is 415 g/mol. The van der Waals surface area contributed by atoms with Crippen LogP contribution in [-0.2, 0) is 21.2 Å². The number of carbonyl (C=O) groups is 1. The van der Waals surface area contributed by atoms with Crippen LogP contribution >= 0.6 is 0 Å². The Morgan fingerprint density at radius 1 is 1.10 bits per heavy atom. The first-order chi connectivity index (χ1) is 13.8. The molecule has 1 unspecified atom stereocenters. The lowest BCUT2D eigenvalue weighted by atomic mass is 10.00. The molecule has 1 aliphatic heterocycles. The van der Waals surface area contributed by atoms with Gasteiger partial charge < -0.3 is 5.32 Å². The number of rotatable bonds is 7. The number of piperidine rings is 1. The van der Waals surface area contributed by atoms with Gasteiger partial charge >= 0.3 is 0 Å². The first-order valence-corrected chi connectivity index (χ1v) is 11.9. The summed E-state index contributed by atoms with van der Waals surface area (Å²) in [4.78, 5) is 14.9. The van der Waals surface area contributed by atoms with Crippen LogP contribution in [0, 0.1) is 12.8 Å². The molecule has 0 aliphatic carbocycles. The van der Waals surface area contributed by atoms with Crippen LogP contribution in [0.1, 0.15) is 37.3 Å². The molecule has 0 saturated carbocycles. The highest BCUT2D eigenvalue weighted by molar-refractivity contribution is 7.91. The number of aryl methyl sites for hydroxylation is 1. The number of hydrogen-bond donors (Lipinski definition) is 1. The van der Waals surface area contributed by atoms with Crippen molar-refractivity contribution in [3.05, 3.63) is 59.7 Å². The summed E-state index contributed by atoms with van der Waals surface area (Å²) in [6.07, 6.45) is 2.49. The first kappa shape index (κ1) is 21.5. The van der Waals surface area contributed by atoms with E-state index in [1.807, 2.05) is 31.2 Å². The van der Waals surface area contributed by atoms with Gasteiger partial charge in [0.05, 0.1) is 10.6 Å². The molecule has 1 heterocycles. The lowest BCUT2D eigenvalue weighted by Gasteiger charge is -2.30. The van der Waals surface area contributed by atoms with E-state index in [0.29, 0.717) is 5.69 Å². The van der Waals surface area contributed by atoms with Gasteiger partial charge in [-0.15, -0.1) is 0 Å². The van der Waals surface area contributed by atoms with E-state index in [2.05, 4.69) is 17.1 Å². The predicted octanol–water partition coefficient (Wildman–Crippen LogP) is 4.03. The summed E-state index contributed by atoms with van der Waals surface area (Å²) >= 11 is 0. The fraction of sp³-hybridized carbons (Fsp3) is 0.435. The van der Waals surface area contributed by atoms with Crippen molar-refractivity contribution in [2.45, 2.75) is 44.6 Å². The zero-order valence-corrected chi connectivity index (χ0v) is 18.0. The Balaban J connectivity index is 1.49. The van der Waals surface area contributed by atoms with Gasteiger partial charge in [0.15, 0.2) is 9.84 Å². The molecule has 2 aromatic rings. The highest BCUT2D eigenvalue weighted by Gasteiger charge is 2.17. The molecule has 3 rings (SSSR count). The molecule has 1 saturated heterocycles. The number of hydrogen-bond acceptors (Lipinski definition) is 4. The van der Waals surface area contributed by atoms with Crippen molar-refractivity contribution >= 4 is 21.4 Å². The highest BCUT2D eigenvalue weighted by atomic mass is 32.2. The molecule has 1 N–H and O–H groups in total.